The number of carbonyl (C=O) groups is 1. The van der Waals surface area contributed by atoms with Crippen molar-refractivity contribution >= 4 is 61.0 Å². The largest absolute Gasteiger partial charge is 0.444 e. The third kappa shape index (κ3) is 4.92. The lowest BCUT2D eigenvalue weighted by Crippen LogP contribution is -2.23. The molecule has 0 bridgehead atoms. The molecule has 2 aromatic rings. The molecule has 3 nitrogen and oxygen atoms in total. The van der Waals surface area contributed by atoms with Crippen LogP contribution in [-0.4, -0.2) is 18.6 Å². The number of esters is 1. The van der Waals surface area contributed by atoms with E-state index in [4.69, 9.17) is 27.9 Å². The molecule has 0 radical (unpaired) electrons. The number of carbonyl (C=O) groups excluding carboxylic acids is 1. The second-order valence-corrected chi connectivity index (χ2v) is 12.1. The smallest absolute Gasteiger partial charge is 0.311 e. The van der Waals surface area contributed by atoms with E-state index in [2.05, 4.69) is 44.0 Å². The summed E-state index contributed by atoms with van der Waals surface area (Å²) in [5.41, 5.74) is 2.21. The highest BCUT2D eigenvalue weighted by Crippen LogP contribution is 2.65. The molecule has 7 heteroatoms. The van der Waals surface area contributed by atoms with Gasteiger partial charge >= 0.3 is 5.97 Å². The monoisotopic (exact) mass is 535 g/mol. The predicted octanol–water partition coefficient (Wildman–Crippen LogP) is 6.14. The van der Waals surface area contributed by atoms with Crippen LogP contribution in [-0.2, 0) is 22.7 Å². The molecule has 3 atom stereocenters. The van der Waals surface area contributed by atoms with E-state index in [1.54, 1.807) is 0 Å². The Morgan fingerprint density at radius 1 is 1.26 bits per heavy atom. The summed E-state index contributed by atoms with van der Waals surface area (Å²) in [6.45, 7) is 4.25. The highest BCUT2D eigenvalue weighted by atomic mass is 79.9. The van der Waals surface area contributed by atoms with Gasteiger partial charge in [0.25, 0.3) is 0 Å². The van der Waals surface area contributed by atoms with Gasteiger partial charge < -0.3 is 9.30 Å². The minimum Gasteiger partial charge on any atom is -0.444 e. The number of alkyl halides is 4. The Bertz CT molecular complexity index is 802. The quantitative estimate of drug-likeness (QED) is 0.314. The molecule has 1 aromatic carbocycles. The van der Waals surface area contributed by atoms with Crippen molar-refractivity contribution in [1.82, 2.24) is 4.57 Å². The lowest BCUT2D eigenvalue weighted by molar-refractivity contribution is -0.150. The van der Waals surface area contributed by atoms with Gasteiger partial charge in [-0.1, -0.05) is 83.3 Å². The first-order valence-electron chi connectivity index (χ1n) is 8.66. The Kier molecular flexibility index (Phi) is 6.36. The molecule has 1 aliphatic carbocycles. The second-order valence-electron chi connectivity index (χ2n) is 7.56. The third-order valence-electron chi connectivity index (χ3n) is 5.21. The first kappa shape index (κ1) is 21.2. The van der Waals surface area contributed by atoms with Crippen molar-refractivity contribution < 1.29 is 9.53 Å². The Balaban J connectivity index is 1.56. The number of aromatic nitrogens is 1. The van der Waals surface area contributed by atoms with Gasteiger partial charge in [0, 0.05) is 12.4 Å². The average Bonchev–Trinajstić information content (AvgIpc) is 2.93. The maximum atomic E-state index is 12.6. The summed E-state index contributed by atoms with van der Waals surface area (Å²) >= 11 is 19.0. The highest BCUT2D eigenvalue weighted by molar-refractivity contribution is 9.13. The predicted molar refractivity (Wildman–Crippen MR) is 117 cm³/mol. The van der Waals surface area contributed by atoms with Crippen molar-refractivity contribution in [3.05, 3.63) is 59.9 Å². The van der Waals surface area contributed by atoms with Gasteiger partial charge in [0.05, 0.1) is 10.7 Å². The number of rotatable bonds is 7. The SMILES string of the molecule is CC1(C)[C@H](C(=O)OCn2ccc(Cc3ccccc3)c2)[C@H]1C(Br)C(Cl)(Cl)Br. The van der Waals surface area contributed by atoms with Crippen molar-refractivity contribution in [1.29, 1.82) is 0 Å². The summed E-state index contributed by atoms with van der Waals surface area (Å²) in [5, 5.41) is 0. The van der Waals surface area contributed by atoms with Crippen molar-refractivity contribution in [2.24, 2.45) is 17.3 Å². The summed E-state index contributed by atoms with van der Waals surface area (Å²) in [6.07, 6.45) is 4.78. The molecule has 1 aromatic heterocycles. The molecular weight excluding hydrogens is 517 g/mol. The first-order valence-corrected chi connectivity index (χ1v) is 11.1. The van der Waals surface area contributed by atoms with E-state index in [0.29, 0.717) is 0 Å². The Labute approximate surface area is 186 Å². The first-order chi connectivity index (χ1) is 12.6. The molecule has 0 spiro atoms. The van der Waals surface area contributed by atoms with E-state index in [-0.39, 0.29) is 34.8 Å². The molecule has 146 valence electrons. The van der Waals surface area contributed by atoms with Crippen molar-refractivity contribution in [2.45, 2.75) is 35.1 Å². The van der Waals surface area contributed by atoms with Crippen LogP contribution in [0.4, 0.5) is 0 Å². The number of hydrogen-bond acceptors (Lipinski definition) is 2. The zero-order chi connectivity index (χ0) is 19.8. The van der Waals surface area contributed by atoms with Gasteiger partial charge in [0.2, 0.25) is 0 Å². The summed E-state index contributed by atoms with van der Waals surface area (Å²) in [6, 6.07) is 12.3. The highest BCUT2D eigenvalue weighted by Gasteiger charge is 2.67. The maximum absolute atomic E-state index is 12.6. The van der Waals surface area contributed by atoms with Crippen molar-refractivity contribution in [3.8, 4) is 0 Å². The molecule has 27 heavy (non-hydrogen) atoms. The second kappa shape index (κ2) is 8.10. The van der Waals surface area contributed by atoms with E-state index in [9.17, 15) is 4.79 Å². The normalized spacial score (nSPS) is 22.3. The topological polar surface area (TPSA) is 31.2 Å². The van der Waals surface area contributed by atoms with Gasteiger partial charge in [-0.15, -0.1) is 0 Å². The van der Waals surface area contributed by atoms with Crippen LogP contribution >= 0.6 is 55.1 Å². The summed E-state index contributed by atoms with van der Waals surface area (Å²) in [4.78, 5) is 12.3. The zero-order valence-electron chi connectivity index (χ0n) is 15.0. The molecule has 3 rings (SSSR count). The minimum absolute atomic E-state index is 0.00215. The molecule has 1 fully saturated rings. The Morgan fingerprint density at radius 3 is 2.56 bits per heavy atom. The molecule has 0 amide bonds. The van der Waals surface area contributed by atoms with Gasteiger partial charge in [-0.25, -0.2) is 0 Å². The molecule has 1 unspecified atom stereocenters. The fourth-order valence-corrected chi connectivity index (χ4v) is 5.16. The zero-order valence-corrected chi connectivity index (χ0v) is 19.7. The molecule has 1 aliphatic rings. The van der Waals surface area contributed by atoms with Crippen LogP contribution in [0.3, 0.4) is 0 Å². The number of ether oxygens (including phenoxy) is 1. The van der Waals surface area contributed by atoms with Gasteiger partial charge in [-0.2, -0.15) is 0 Å². The van der Waals surface area contributed by atoms with Crippen LogP contribution in [0.15, 0.2) is 48.8 Å². The fourth-order valence-electron chi connectivity index (χ4n) is 3.61. The van der Waals surface area contributed by atoms with Crippen LogP contribution in [0, 0.1) is 17.3 Å². The van der Waals surface area contributed by atoms with Crippen LogP contribution in [0.1, 0.15) is 25.0 Å². The molecule has 1 saturated carbocycles. The molecule has 0 saturated heterocycles. The standard InChI is InChI=1S/C20H21Br2Cl2NO2/c1-19(2)15(17(21)20(22,23)24)16(19)18(26)27-12-25-9-8-14(11-25)10-13-6-4-3-5-7-13/h3-9,11,15-17H,10,12H2,1-2H3/t15-,16-,17?/m0/s1. The van der Waals surface area contributed by atoms with Crippen molar-refractivity contribution in [3.63, 3.8) is 0 Å². The lowest BCUT2D eigenvalue weighted by Gasteiger charge is -2.20. The number of hydrogen-bond donors (Lipinski definition) is 0. The van der Waals surface area contributed by atoms with Gasteiger partial charge in [0.15, 0.2) is 9.97 Å². The van der Waals surface area contributed by atoms with Crippen LogP contribution in [0.5, 0.6) is 0 Å². The average molecular weight is 538 g/mol. The summed E-state index contributed by atoms with van der Waals surface area (Å²) in [7, 11) is 0. The van der Waals surface area contributed by atoms with Crippen LogP contribution in [0.25, 0.3) is 0 Å². The Hall–Kier alpha value is -0.490. The maximum Gasteiger partial charge on any atom is 0.311 e. The third-order valence-corrected chi connectivity index (χ3v) is 8.57. The van der Waals surface area contributed by atoms with E-state index in [1.165, 1.54) is 11.1 Å². The molecular formula is C20H21Br2Cl2NO2. The fraction of sp³-hybridized carbons (Fsp3) is 0.450. The minimum atomic E-state index is -1.13. The van der Waals surface area contributed by atoms with Crippen LogP contribution in [0.2, 0.25) is 0 Å². The number of nitrogens with zero attached hydrogens (tertiary/aromatic N) is 1. The summed E-state index contributed by atoms with van der Waals surface area (Å²) in [5.74, 6) is -0.467. The summed E-state index contributed by atoms with van der Waals surface area (Å²) < 4.78 is 6.30. The van der Waals surface area contributed by atoms with E-state index < -0.39 is 3.24 Å². The number of benzene rings is 1. The Morgan fingerprint density at radius 2 is 1.93 bits per heavy atom. The number of halogens is 4. The lowest BCUT2D eigenvalue weighted by atomic mass is 10.1. The molecule has 0 N–H and O–H groups in total. The van der Waals surface area contributed by atoms with Gasteiger partial charge in [-0.05, 0) is 50.9 Å². The van der Waals surface area contributed by atoms with E-state index in [0.717, 1.165) is 6.42 Å². The van der Waals surface area contributed by atoms with Gasteiger partial charge in [0.1, 0.15) is 0 Å². The van der Waals surface area contributed by atoms with Crippen molar-refractivity contribution in [2.75, 3.05) is 0 Å². The van der Waals surface area contributed by atoms with E-state index in [1.807, 2.05) is 55.1 Å². The van der Waals surface area contributed by atoms with Gasteiger partial charge in [-0.3, -0.25) is 4.79 Å². The molecule has 1 heterocycles. The molecule has 0 aliphatic heterocycles. The van der Waals surface area contributed by atoms with E-state index >= 15 is 0 Å². The van der Waals surface area contributed by atoms with Crippen LogP contribution < -0.4 is 0 Å².